The van der Waals surface area contributed by atoms with Crippen LogP contribution in [0.1, 0.15) is 20.3 Å². The topological polar surface area (TPSA) is 69.9 Å². The summed E-state index contributed by atoms with van der Waals surface area (Å²) in [5, 5.41) is 4.07. The average Bonchev–Trinajstić information content (AvgIpc) is 2.36. The Bertz CT molecular complexity index is 254. The minimum absolute atomic E-state index is 0.568. The molecule has 0 fully saturated rings. The van der Waals surface area contributed by atoms with Crippen LogP contribution in [0.5, 0.6) is 0 Å². The van der Waals surface area contributed by atoms with Gasteiger partial charge in [0.05, 0.1) is 11.9 Å². The number of anilines is 2. The molecule has 4 heteroatoms. The molecule has 0 bridgehead atoms. The number of rotatable bonds is 3. The maximum Gasteiger partial charge on any atom is 0.145 e. The molecule has 12 heavy (non-hydrogen) atoms. The fourth-order valence-electron chi connectivity index (χ4n) is 0.979. The summed E-state index contributed by atoms with van der Waals surface area (Å²) in [6, 6.07) is 0. The van der Waals surface area contributed by atoms with Crippen molar-refractivity contribution in [3.05, 3.63) is 6.20 Å². The predicted molar refractivity (Wildman–Crippen MR) is 50.5 cm³/mol. The lowest BCUT2D eigenvalue weighted by Gasteiger charge is -2.09. The molecule has 1 atom stereocenters. The number of nitrogens with zero attached hydrogens (tertiary/aromatic N) is 2. The van der Waals surface area contributed by atoms with Gasteiger partial charge in [-0.1, -0.05) is 20.3 Å². The van der Waals surface area contributed by atoms with Crippen molar-refractivity contribution in [1.29, 1.82) is 0 Å². The second-order valence-corrected chi connectivity index (χ2v) is 3.18. The minimum atomic E-state index is 0.568. The fourth-order valence-corrected chi connectivity index (χ4v) is 0.979. The molecule has 4 N–H and O–H groups in total. The van der Waals surface area contributed by atoms with Gasteiger partial charge in [-0.3, -0.25) is 0 Å². The minimum Gasteiger partial charge on any atom is -0.394 e. The van der Waals surface area contributed by atoms with Crippen molar-refractivity contribution in [3.63, 3.8) is 0 Å². The van der Waals surface area contributed by atoms with E-state index in [-0.39, 0.29) is 0 Å². The van der Waals surface area contributed by atoms with Gasteiger partial charge in [0.1, 0.15) is 5.82 Å². The largest absolute Gasteiger partial charge is 0.394 e. The van der Waals surface area contributed by atoms with Crippen LogP contribution in [0.15, 0.2) is 6.20 Å². The Morgan fingerprint density at radius 2 is 2.25 bits per heavy atom. The first-order valence-electron chi connectivity index (χ1n) is 4.22. The molecule has 0 aromatic carbocycles. The van der Waals surface area contributed by atoms with E-state index in [1.807, 2.05) is 0 Å². The summed E-state index contributed by atoms with van der Waals surface area (Å²) in [6.07, 6.45) is 2.72. The first kappa shape index (κ1) is 8.90. The SMILES string of the molecule is CCC(C)Cn1ncc(N)c1N. The Morgan fingerprint density at radius 3 is 2.67 bits per heavy atom. The zero-order chi connectivity index (χ0) is 9.14. The maximum absolute atomic E-state index is 5.68. The molecule has 68 valence electrons. The third-order valence-electron chi connectivity index (χ3n) is 2.09. The van der Waals surface area contributed by atoms with Gasteiger partial charge in [0.15, 0.2) is 0 Å². The molecule has 0 radical (unpaired) electrons. The molecule has 0 saturated carbocycles. The summed E-state index contributed by atoms with van der Waals surface area (Å²) in [5.74, 6) is 1.17. The van der Waals surface area contributed by atoms with E-state index in [1.54, 1.807) is 10.9 Å². The molecule has 0 aliphatic rings. The van der Waals surface area contributed by atoms with Gasteiger partial charge in [0.2, 0.25) is 0 Å². The van der Waals surface area contributed by atoms with Crippen LogP contribution in [0, 0.1) is 5.92 Å². The number of nitrogens with two attached hydrogens (primary N) is 2. The summed E-state index contributed by atoms with van der Waals surface area (Å²) in [5.41, 5.74) is 11.8. The van der Waals surface area contributed by atoms with Crippen molar-refractivity contribution in [1.82, 2.24) is 9.78 Å². The van der Waals surface area contributed by atoms with E-state index in [4.69, 9.17) is 11.5 Å². The number of hydrogen-bond acceptors (Lipinski definition) is 3. The Morgan fingerprint density at radius 1 is 1.58 bits per heavy atom. The molecule has 4 nitrogen and oxygen atoms in total. The molecular weight excluding hydrogens is 152 g/mol. The van der Waals surface area contributed by atoms with Gasteiger partial charge in [-0.25, -0.2) is 4.68 Å². The molecule has 0 saturated heterocycles. The third-order valence-corrected chi connectivity index (χ3v) is 2.09. The van der Waals surface area contributed by atoms with Crippen LogP contribution in [0.4, 0.5) is 11.5 Å². The van der Waals surface area contributed by atoms with Crippen LogP contribution >= 0.6 is 0 Å². The van der Waals surface area contributed by atoms with Gasteiger partial charge >= 0.3 is 0 Å². The maximum atomic E-state index is 5.68. The quantitative estimate of drug-likeness (QED) is 0.709. The van der Waals surface area contributed by atoms with Crippen LogP contribution in [0.2, 0.25) is 0 Å². The first-order chi connectivity index (χ1) is 5.65. The van der Waals surface area contributed by atoms with Crippen LogP contribution in [-0.2, 0) is 6.54 Å². The summed E-state index contributed by atoms with van der Waals surface area (Å²) in [7, 11) is 0. The monoisotopic (exact) mass is 168 g/mol. The fraction of sp³-hybridized carbons (Fsp3) is 0.625. The lowest BCUT2D eigenvalue weighted by atomic mass is 10.1. The standard InChI is InChI=1S/C8H16N4/c1-3-6(2)5-12-8(10)7(9)4-11-12/h4,6H,3,5,9-10H2,1-2H3. The van der Waals surface area contributed by atoms with E-state index < -0.39 is 0 Å². The van der Waals surface area contributed by atoms with Gasteiger partial charge in [-0.05, 0) is 5.92 Å². The van der Waals surface area contributed by atoms with Crippen molar-refractivity contribution in [2.45, 2.75) is 26.8 Å². The lowest BCUT2D eigenvalue weighted by molar-refractivity contribution is 0.443. The molecule has 0 amide bonds. The van der Waals surface area contributed by atoms with Gasteiger partial charge in [-0.2, -0.15) is 5.10 Å². The number of hydrogen-bond donors (Lipinski definition) is 2. The third kappa shape index (κ3) is 1.69. The molecule has 1 heterocycles. The van der Waals surface area contributed by atoms with E-state index in [0.717, 1.165) is 13.0 Å². The summed E-state index contributed by atoms with van der Waals surface area (Å²) < 4.78 is 1.75. The van der Waals surface area contributed by atoms with Crippen LogP contribution in [0.3, 0.4) is 0 Å². The van der Waals surface area contributed by atoms with Gasteiger partial charge in [-0.15, -0.1) is 0 Å². The van der Waals surface area contributed by atoms with Crippen molar-refractivity contribution < 1.29 is 0 Å². The summed E-state index contributed by atoms with van der Waals surface area (Å²) in [6.45, 7) is 5.16. The predicted octanol–water partition coefficient (Wildman–Crippen LogP) is 1.09. The van der Waals surface area contributed by atoms with Crippen molar-refractivity contribution in [2.24, 2.45) is 5.92 Å². The first-order valence-corrected chi connectivity index (χ1v) is 4.22. The van der Waals surface area contributed by atoms with Crippen LogP contribution in [0.25, 0.3) is 0 Å². The highest BCUT2D eigenvalue weighted by molar-refractivity contribution is 5.56. The van der Waals surface area contributed by atoms with Gasteiger partial charge in [0, 0.05) is 6.54 Å². The van der Waals surface area contributed by atoms with Crippen molar-refractivity contribution in [2.75, 3.05) is 11.5 Å². The molecule has 0 aliphatic heterocycles. The highest BCUT2D eigenvalue weighted by atomic mass is 15.3. The Balaban J connectivity index is 2.69. The molecule has 1 rings (SSSR count). The second kappa shape index (κ2) is 3.47. The van der Waals surface area contributed by atoms with E-state index in [9.17, 15) is 0 Å². The van der Waals surface area contributed by atoms with E-state index in [0.29, 0.717) is 17.4 Å². The van der Waals surface area contributed by atoms with Crippen molar-refractivity contribution in [3.8, 4) is 0 Å². The molecule has 0 spiro atoms. The zero-order valence-electron chi connectivity index (χ0n) is 7.62. The molecule has 1 aromatic rings. The Labute approximate surface area is 72.5 Å². The van der Waals surface area contributed by atoms with E-state index in [1.165, 1.54) is 0 Å². The van der Waals surface area contributed by atoms with E-state index >= 15 is 0 Å². The van der Waals surface area contributed by atoms with Gasteiger partial charge in [0.25, 0.3) is 0 Å². The average molecular weight is 168 g/mol. The number of aromatic nitrogens is 2. The number of nitrogen functional groups attached to an aromatic ring is 2. The normalized spacial score (nSPS) is 13.2. The zero-order valence-corrected chi connectivity index (χ0v) is 7.62. The van der Waals surface area contributed by atoms with Crippen LogP contribution < -0.4 is 11.5 Å². The summed E-state index contributed by atoms with van der Waals surface area (Å²) in [4.78, 5) is 0. The molecule has 1 aromatic heterocycles. The summed E-state index contributed by atoms with van der Waals surface area (Å²) >= 11 is 0. The molecule has 0 aliphatic carbocycles. The van der Waals surface area contributed by atoms with E-state index in [2.05, 4.69) is 18.9 Å². The second-order valence-electron chi connectivity index (χ2n) is 3.18. The van der Waals surface area contributed by atoms with Crippen LogP contribution in [-0.4, -0.2) is 9.78 Å². The Kier molecular flexibility index (Phi) is 2.58. The molecule has 1 unspecified atom stereocenters. The smallest absolute Gasteiger partial charge is 0.145 e. The highest BCUT2D eigenvalue weighted by Gasteiger charge is 2.06. The van der Waals surface area contributed by atoms with Gasteiger partial charge < -0.3 is 11.5 Å². The Hall–Kier alpha value is -1.19. The molecular formula is C8H16N4. The lowest BCUT2D eigenvalue weighted by Crippen LogP contribution is -2.11. The highest BCUT2D eigenvalue weighted by Crippen LogP contribution is 2.15. The van der Waals surface area contributed by atoms with Crippen molar-refractivity contribution >= 4 is 11.5 Å².